The maximum atomic E-state index is 5.86. The molecule has 32 heavy (non-hydrogen) atoms. The Hall–Kier alpha value is -2.35. The molecule has 1 heterocycles. The third kappa shape index (κ3) is 7.08. The molecule has 0 aromatic heterocycles. The molecule has 2 aromatic rings. The van der Waals surface area contributed by atoms with Gasteiger partial charge < -0.3 is 24.4 Å². The monoisotopic (exact) mass is 457 g/mol. The molecule has 0 radical (unpaired) electrons. The highest BCUT2D eigenvalue weighted by Gasteiger charge is 2.17. The van der Waals surface area contributed by atoms with Crippen molar-refractivity contribution < 1.29 is 14.2 Å². The van der Waals surface area contributed by atoms with Gasteiger partial charge in [-0.2, -0.15) is 0 Å². The van der Waals surface area contributed by atoms with Crippen molar-refractivity contribution >= 4 is 17.3 Å². The van der Waals surface area contributed by atoms with Gasteiger partial charge in [-0.3, -0.25) is 4.90 Å². The van der Waals surface area contributed by atoms with Gasteiger partial charge in [0.25, 0.3) is 0 Å². The van der Waals surface area contributed by atoms with Crippen LogP contribution in [0.15, 0.2) is 48.5 Å². The predicted octanol–water partition coefficient (Wildman–Crippen LogP) is 3.86. The van der Waals surface area contributed by atoms with Crippen LogP contribution in [0.2, 0.25) is 0 Å². The van der Waals surface area contributed by atoms with Gasteiger partial charge in [-0.1, -0.05) is 30.3 Å². The van der Waals surface area contributed by atoms with Gasteiger partial charge in [-0.15, -0.1) is 0 Å². The van der Waals surface area contributed by atoms with E-state index in [4.69, 9.17) is 26.4 Å². The van der Waals surface area contributed by atoms with Gasteiger partial charge in [0.05, 0.1) is 33.5 Å². The lowest BCUT2D eigenvalue weighted by atomic mass is 10.1. The lowest BCUT2D eigenvalue weighted by molar-refractivity contribution is 0.0367. The van der Waals surface area contributed by atoms with E-state index >= 15 is 0 Å². The van der Waals surface area contributed by atoms with Crippen LogP contribution < -0.4 is 14.8 Å². The van der Waals surface area contributed by atoms with Gasteiger partial charge in [-0.05, 0) is 43.3 Å². The molecule has 3 rings (SSSR count). The molecule has 174 valence electrons. The topological polar surface area (TPSA) is 46.2 Å². The third-order valence-corrected chi connectivity index (χ3v) is 6.16. The van der Waals surface area contributed by atoms with Crippen LogP contribution in [0.25, 0.3) is 0 Å². The molecular weight excluding hydrogens is 422 g/mol. The lowest BCUT2D eigenvalue weighted by Gasteiger charge is -2.31. The van der Waals surface area contributed by atoms with Crippen LogP contribution >= 0.6 is 12.2 Å². The number of nitrogens with one attached hydrogen (secondary N) is 1. The predicted molar refractivity (Wildman–Crippen MR) is 132 cm³/mol. The Bertz CT molecular complexity index is 844. The lowest BCUT2D eigenvalue weighted by Crippen LogP contribution is -2.42. The fourth-order valence-electron chi connectivity index (χ4n) is 3.85. The highest BCUT2D eigenvalue weighted by Crippen LogP contribution is 2.26. The Balaban J connectivity index is 1.68. The normalized spacial score (nSPS) is 15.1. The Morgan fingerprint density at radius 1 is 1.12 bits per heavy atom. The largest absolute Gasteiger partial charge is 0.497 e. The zero-order valence-corrected chi connectivity index (χ0v) is 20.2. The van der Waals surface area contributed by atoms with Gasteiger partial charge in [0.15, 0.2) is 5.11 Å². The molecule has 0 amide bonds. The second-order valence-electron chi connectivity index (χ2n) is 7.99. The Morgan fingerprint density at radius 2 is 1.88 bits per heavy atom. The summed E-state index contributed by atoms with van der Waals surface area (Å²) in [5.41, 5.74) is 2.29. The molecule has 1 saturated heterocycles. The van der Waals surface area contributed by atoms with E-state index < -0.39 is 0 Å². The van der Waals surface area contributed by atoms with Crippen LogP contribution in [0.3, 0.4) is 0 Å². The van der Waals surface area contributed by atoms with Crippen molar-refractivity contribution in [3.63, 3.8) is 0 Å². The fraction of sp³-hybridized carbons (Fsp3) is 0.480. The SMILES string of the molecule is COc1ccc(CN(CCCN2CCOCC2)C(=S)NC(C)c2ccccc2)c(OC)c1. The average Bonchev–Trinajstić information content (AvgIpc) is 2.84. The number of methoxy groups -OCH3 is 2. The molecule has 0 spiro atoms. The van der Waals surface area contributed by atoms with Crippen LogP contribution in [0.1, 0.15) is 30.5 Å². The van der Waals surface area contributed by atoms with Gasteiger partial charge in [0.2, 0.25) is 0 Å². The summed E-state index contributed by atoms with van der Waals surface area (Å²) in [6, 6.07) is 16.4. The van der Waals surface area contributed by atoms with E-state index in [0.717, 1.165) is 68.0 Å². The van der Waals surface area contributed by atoms with E-state index in [1.54, 1.807) is 14.2 Å². The minimum atomic E-state index is 0.128. The van der Waals surface area contributed by atoms with Crippen LogP contribution in [0.4, 0.5) is 0 Å². The van der Waals surface area contributed by atoms with Crippen molar-refractivity contribution in [3.8, 4) is 11.5 Å². The van der Waals surface area contributed by atoms with E-state index in [1.165, 1.54) is 5.56 Å². The number of ether oxygens (including phenoxy) is 3. The molecule has 2 aromatic carbocycles. The number of benzene rings is 2. The van der Waals surface area contributed by atoms with Gasteiger partial charge in [-0.25, -0.2) is 0 Å². The van der Waals surface area contributed by atoms with Crippen molar-refractivity contribution in [1.29, 1.82) is 0 Å². The minimum absolute atomic E-state index is 0.128. The number of nitrogens with zero attached hydrogens (tertiary/aromatic N) is 2. The molecular formula is C25H35N3O3S. The molecule has 0 aliphatic carbocycles. The van der Waals surface area contributed by atoms with Crippen LogP contribution in [0, 0.1) is 0 Å². The van der Waals surface area contributed by atoms with Gasteiger partial charge >= 0.3 is 0 Å². The quantitative estimate of drug-likeness (QED) is 0.544. The third-order valence-electron chi connectivity index (χ3n) is 5.79. The molecule has 1 aliphatic rings. The van der Waals surface area contributed by atoms with Crippen molar-refractivity contribution in [2.45, 2.75) is 25.9 Å². The number of hydrogen-bond donors (Lipinski definition) is 1. The molecule has 0 saturated carbocycles. The summed E-state index contributed by atoms with van der Waals surface area (Å²) in [7, 11) is 3.35. The summed E-state index contributed by atoms with van der Waals surface area (Å²) >= 11 is 5.86. The molecule has 1 aliphatic heterocycles. The highest BCUT2D eigenvalue weighted by atomic mass is 32.1. The first kappa shape index (κ1) is 24.3. The molecule has 1 atom stereocenters. The average molecular weight is 458 g/mol. The zero-order chi connectivity index (χ0) is 22.8. The number of morpholine rings is 1. The van der Waals surface area contributed by atoms with Crippen LogP contribution in [-0.2, 0) is 11.3 Å². The van der Waals surface area contributed by atoms with Crippen LogP contribution in [-0.4, -0.2) is 68.5 Å². The summed E-state index contributed by atoms with van der Waals surface area (Å²) in [6.07, 6.45) is 1.03. The number of hydrogen-bond acceptors (Lipinski definition) is 5. The van der Waals surface area contributed by atoms with Crippen molar-refractivity contribution in [3.05, 3.63) is 59.7 Å². The van der Waals surface area contributed by atoms with Crippen molar-refractivity contribution in [1.82, 2.24) is 15.1 Å². The van der Waals surface area contributed by atoms with Crippen molar-refractivity contribution in [2.75, 3.05) is 53.6 Å². The standard InChI is InChI=1S/C25H35N3O3S/c1-20(21-8-5-4-6-9-21)26-25(32)28(13-7-12-27-14-16-31-17-15-27)19-22-10-11-23(29-2)18-24(22)30-3/h4-6,8-11,18,20H,7,12-17,19H2,1-3H3,(H,26,32). The Morgan fingerprint density at radius 3 is 2.56 bits per heavy atom. The second-order valence-corrected chi connectivity index (χ2v) is 8.38. The number of rotatable bonds is 10. The molecule has 1 N–H and O–H groups in total. The minimum Gasteiger partial charge on any atom is -0.497 e. The van der Waals surface area contributed by atoms with Crippen LogP contribution in [0.5, 0.6) is 11.5 Å². The zero-order valence-electron chi connectivity index (χ0n) is 19.4. The second kappa shape index (κ2) is 12.6. The fourth-order valence-corrected chi connectivity index (χ4v) is 4.18. The van der Waals surface area contributed by atoms with E-state index in [1.807, 2.05) is 18.2 Å². The summed E-state index contributed by atoms with van der Waals surface area (Å²) in [4.78, 5) is 4.69. The van der Waals surface area contributed by atoms with Gasteiger partial charge in [0.1, 0.15) is 11.5 Å². The summed E-state index contributed by atoms with van der Waals surface area (Å²) < 4.78 is 16.4. The maximum absolute atomic E-state index is 5.86. The highest BCUT2D eigenvalue weighted by molar-refractivity contribution is 7.80. The first-order valence-electron chi connectivity index (χ1n) is 11.2. The van der Waals surface area contributed by atoms with Crippen molar-refractivity contribution in [2.24, 2.45) is 0 Å². The van der Waals surface area contributed by atoms with E-state index in [9.17, 15) is 0 Å². The Labute approximate surface area is 197 Å². The first-order valence-corrected chi connectivity index (χ1v) is 11.6. The molecule has 1 unspecified atom stereocenters. The summed E-state index contributed by atoms with van der Waals surface area (Å²) in [6.45, 7) is 8.35. The Kier molecular flexibility index (Phi) is 9.59. The molecule has 1 fully saturated rings. The maximum Gasteiger partial charge on any atom is 0.169 e. The molecule has 6 nitrogen and oxygen atoms in total. The van der Waals surface area contributed by atoms with Gasteiger partial charge in [0, 0.05) is 44.4 Å². The smallest absolute Gasteiger partial charge is 0.169 e. The molecule has 7 heteroatoms. The van der Waals surface area contributed by atoms with E-state index in [0.29, 0.717) is 6.54 Å². The van der Waals surface area contributed by atoms with E-state index in [2.05, 4.69) is 52.4 Å². The summed E-state index contributed by atoms with van der Waals surface area (Å²) in [5, 5.41) is 4.27. The number of thiocarbonyl (C=S) groups is 1. The molecule has 0 bridgehead atoms. The summed E-state index contributed by atoms with van der Waals surface area (Å²) in [5.74, 6) is 1.59. The van der Waals surface area contributed by atoms with E-state index in [-0.39, 0.29) is 6.04 Å². The first-order chi connectivity index (χ1) is 15.6.